The van der Waals surface area contributed by atoms with Crippen molar-refractivity contribution in [3.05, 3.63) is 101 Å². The Bertz CT molecular complexity index is 1500. The van der Waals surface area contributed by atoms with Crippen LogP contribution in [0.1, 0.15) is 28.7 Å². The predicted octanol–water partition coefficient (Wildman–Crippen LogP) is 5.78. The Morgan fingerprint density at radius 3 is 2.47 bits per heavy atom. The van der Waals surface area contributed by atoms with Gasteiger partial charge in [-0.3, -0.25) is 0 Å². The molecule has 0 spiro atoms. The summed E-state index contributed by atoms with van der Waals surface area (Å²) in [6.07, 6.45) is 0.373. The average Bonchev–Trinajstić information content (AvgIpc) is 2.91. The fourth-order valence-corrected chi connectivity index (χ4v) is 7.54. The van der Waals surface area contributed by atoms with Crippen molar-refractivity contribution >= 4 is 27.4 Å². The summed E-state index contributed by atoms with van der Waals surface area (Å²) in [6.45, 7) is 4.41. The third-order valence-electron chi connectivity index (χ3n) is 6.56. The number of ether oxygens (including phenoxy) is 1. The number of hydrogen-bond donors (Lipinski definition) is 1. The maximum absolute atomic E-state index is 13.6. The van der Waals surface area contributed by atoms with Crippen LogP contribution < -0.4 is 4.72 Å². The van der Waals surface area contributed by atoms with E-state index in [1.807, 2.05) is 79.7 Å². The summed E-state index contributed by atoms with van der Waals surface area (Å²) in [6, 6.07) is 26.1. The number of hydrogen-bond acceptors (Lipinski definition) is 6. The molecule has 0 saturated heterocycles. The molecule has 3 aromatic carbocycles. The molecule has 1 aliphatic heterocycles. The molecule has 0 saturated carbocycles. The third kappa shape index (κ3) is 6.35. The lowest BCUT2D eigenvalue weighted by molar-refractivity contribution is 0.110. The molecule has 0 aromatic heterocycles. The lowest BCUT2D eigenvalue weighted by Crippen LogP contribution is -2.43. The van der Waals surface area contributed by atoms with Gasteiger partial charge in [-0.05, 0) is 54.7 Å². The Hall–Kier alpha value is -3.40. The molecule has 6 nitrogen and oxygen atoms in total. The summed E-state index contributed by atoms with van der Waals surface area (Å²) in [5.74, 6) is 0.128. The van der Waals surface area contributed by atoms with Gasteiger partial charge >= 0.3 is 0 Å². The minimum absolute atomic E-state index is 0.00340. The van der Waals surface area contributed by atoms with Crippen molar-refractivity contribution in [3.8, 4) is 12.1 Å². The highest BCUT2D eigenvalue weighted by atomic mass is 32.2. The first-order valence-corrected chi connectivity index (χ1v) is 14.8. The number of nitrogens with zero attached hydrogens (tertiary/aromatic N) is 2. The highest BCUT2D eigenvalue weighted by molar-refractivity contribution is 7.99. The first-order valence-electron chi connectivity index (χ1n) is 12.3. The number of rotatable bonds is 9. The molecular weight excluding hydrogens is 514 g/mol. The van der Waals surface area contributed by atoms with Crippen molar-refractivity contribution < 1.29 is 13.2 Å². The summed E-state index contributed by atoms with van der Waals surface area (Å²) in [7, 11) is -3.89. The smallest absolute Gasteiger partial charge is 0.241 e. The van der Waals surface area contributed by atoms with Gasteiger partial charge in [-0.25, -0.2) is 13.1 Å². The zero-order valence-electron chi connectivity index (χ0n) is 21.3. The van der Waals surface area contributed by atoms with Crippen LogP contribution in [0.15, 0.2) is 88.2 Å². The van der Waals surface area contributed by atoms with Crippen molar-refractivity contribution in [2.75, 3.05) is 12.4 Å². The molecule has 0 radical (unpaired) electrons. The van der Waals surface area contributed by atoms with Crippen LogP contribution in [-0.2, 0) is 21.4 Å². The van der Waals surface area contributed by atoms with E-state index >= 15 is 0 Å². The van der Waals surface area contributed by atoms with Crippen molar-refractivity contribution in [1.29, 1.82) is 10.5 Å². The fraction of sp³-hybridized carbons (Fsp3) is 0.267. The van der Waals surface area contributed by atoms with Crippen LogP contribution in [0.4, 0.5) is 0 Å². The molecule has 0 amide bonds. The number of allylic oxidation sites excluding steroid dienone is 1. The molecule has 4 rings (SSSR count). The molecule has 3 aromatic rings. The van der Waals surface area contributed by atoms with Crippen LogP contribution in [0.3, 0.4) is 0 Å². The number of aryl methyl sites for hydroxylation is 2. The van der Waals surface area contributed by atoms with Crippen molar-refractivity contribution in [3.63, 3.8) is 0 Å². The fourth-order valence-electron chi connectivity index (χ4n) is 4.74. The van der Waals surface area contributed by atoms with Gasteiger partial charge in [0, 0.05) is 29.2 Å². The number of sulfonamides is 1. The minimum atomic E-state index is -3.89. The van der Waals surface area contributed by atoms with Gasteiger partial charge in [0.05, 0.1) is 11.5 Å². The van der Waals surface area contributed by atoms with E-state index in [0.717, 1.165) is 21.6 Å². The third-order valence-corrected chi connectivity index (χ3v) is 9.40. The van der Waals surface area contributed by atoms with Crippen molar-refractivity contribution in [1.82, 2.24) is 4.72 Å². The monoisotopic (exact) mass is 543 g/mol. The zero-order chi connectivity index (χ0) is 27.1. The molecule has 1 N–H and O–H groups in total. The van der Waals surface area contributed by atoms with Gasteiger partial charge in [-0.2, -0.15) is 10.5 Å². The zero-order valence-corrected chi connectivity index (χ0v) is 23.0. The summed E-state index contributed by atoms with van der Waals surface area (Å²) in [4.78, 5) is 1.19. The summed E-state index contributed by atoms with van der Waals surface area (Å²) in [5.41, 5.74) is 4.05. The van der Waals surface area contributed by atoms with Gasteiger partial charge in [0.1, 0.15) is 17.7 Å². The van der Waals surface area contributed by atoms with Crippen molar-refractivity contribution in [2.45, 2.75) is 42.7 Å². The lowest BCUT2D eigenvalue weighted by atomic mass is 9.84. The molecule has 2 atom stereocenters. The number of nitriles is 2. The molecule has 0 unspecified atom stereocenters. The molecule has 8 heteroatoms. The first-order chi connectivity index (χ1) is 18.3. The molecule has 0 aliphatic carbocycles. The van der Waals surface area contributed by atoms with Gasteiger partial charge in [0.2, 0.25) is 10.0 Å². The lowest BCUT2D eigenvalue weighted by Gasteiger charge is -2.34. The van der Waals surface area contributed by atoms with E-state index in [2.05, 4.69) is 4.72 Å². The van der Waals surface area contributed by atoms with Crippen LogP contribution in [0.5, 0.6) is 0 Å². The summed E-state index contributed by atoms with van der Waals surface area (Å²) < 4.78 is 36.1. The molecule has 1 aliphatic rings. The Morgan fingerprint density at radius 1 is 1.05 bits per heavy atom. The van der Waals surface area contributed by atoms with Crippen LogP contribution in [-0.4, -0.2) is 26.8 Å². The molecular formula is C30H29N3O3S2. The van der Waals surface area contributed by atoms with Crippen LogP contribution >= 0.6 is 11.8 Å². The Balaban J connectivity index is 1.68. The molecule has 38 heavy (non-hydrogen) atoms. The highest BCUT2D eigenvalue weighted by Gasteiger charge is 2.36. The van der Waals surface area contributed by atoms with Crippen LogP contribution in [0.2, 0.25) is 0 Å². The SMILES string of the molecule is Cc1ccc(S(=O)(=O)N[C@@H](CCOCc2ccccc2)[C@H]2CSc3ccccc3C2=C(C#N)C#N)c(C)c1. The number of nitrogens with one attached hydrogen (secondary N) is 1. The second-order valence-corrected chi connectivity index (χ2v) is 12.0. The quantitative estimate of drug-likeness (QED) is 0.271. The van der Waals surface area contributed by atoms with E-state index in [-0.39, 0.29) is 10.5 Å². The molecule has 1 heterocycles. The van der Waals surface area contributed by atoms with Crippen molar-refractivity contribution in [2.24, 2.45) is 5.92 Å². The Kier molecular flexibility index (Phi) is 9.04. The first kappa shape index (κ1) is 27.6. The van der Waals surface area contributed by atoms with E-state index in [9.17, 15) is 18.9 Å². The summed E-state index contributed by atoms with van der Waals surface area (Å²) >= 11 is 1.60. The average molecular weight is 544 g/mol. The Morgan fingerprint density at radius 2 is 1.76 bits per heavy atom. The van der Waals surface area contributed by atoms with Gasteiger partial charge in [0.25, 0.3) is 0 Å². The number of benzene rings is 3. The predicted molar refractivity (Wildman–Crippen MR) is 150 cm³/mol. The number of fused-ring (bicyclic) bond motifs is 1. The topological polar surface area (TPSA) is 103 Å². The van der Waals surface area contributed by atoms with E-state index in [1.165, 1.54) is 0 Å². The summed E-state index contributed by atoms with van der Waals surface area (Å²) in [5, 5.41) is 19.6. The van der Waals surface area contributed by atoms with E-state index in [1.54, 1.807) is 30.8 Å². The second-order valence-electron chi connectivity index (χ2n) is 9.25. The number of thioether (sulfide) groups is 1. The molecule has 0 fully saturated rings. The standard InChI is InChI=1S/C30H29N3O3S2/c1-21-12-13-29(22(2)16-21)38(34,35)33-27(14-15-36-19-23-8-4-3-5-9-23)26-20-37-28-11-7-6-10-25(28)30(26)24(17-31)18-32/h3-13,16,26-27,33H,14-15,19-20H2,1-2H3/t26-,27+/m1/s1. The van der Waals surface area contributed by atoms with Gasteiger partial charge in [-0.1, -0.05) is 66.2 Å². The Labute approximate surface area is 229 Å². The van der Waals surface area contributed by atoms with E-state index in [0.29, 0.717) is 36.5 Å². The van der Waals surface area contributed by atoms with Crippen LogP contribution in [0.25, 0.3) is 5.57 Å². The second kappa shape index (κ2) is 12.4. The maximum Gasteiger partial charge on any atom is 0.241 e. The molecule has 0 bridgehead atoms. The van der Waals surface area contributed by atoms with Gasteiger partial charge in [0.15, 0.2) is 0 Å². The maximum atomic E-state index is 13.6. The normalized spacial score (nSPS) is 15.7. The van der Waals surface area contributed by atoms with Gasteiger partial charge in [-0.15, -0.1) is 11.8 Å². The van der Waals surface area contributed by atoms with E-state index in [4.69, 9.17) is 4.74 Å². The minimum Gasteiger partial charge on any atom is -0.377 e. The highest BCUT2D eigenvalue weighted by Crippen LogP contribution is 2.44. The largest absolute Gasteiger partial charge is 0.377 e. The van der Waals surface area contributed by atoms with E-state index < -0.39 is 22.0 Å². The van der Waals surface area contributed by atoms with Gasteiger partial charge < -0.3 is 4.74 Å². The molecule has 194 valence electrons. The van der Waals surface area contributed by atoms with Crippen LogP contribution in [0, 0.1) is 42.4 Å².